The summed E-state index contributed by atoms with van der Waals surface area (Å²) in [4.78, 5) is 74.4. The normalized spacial score (nSPS) is 23.3. The van der Waals surface area contributed by atoms with Crippen LogP contribution in [-0.4, -0.2) is 94.2 Å². The van der Waals surface area contributed by atoms with Crippen molar-refractivity contribution in [3.05, 3.63) is 0 Å². The van der Waals surface area contributed by atoms with E-state index in [-0.39, 0.29) is 0 Å². The Hall–Kier alpha value is -2.82. The number of imide groups is 4. The van der Waals surface area contributed by atoms with Gasteiger partial charge in [0, 0.05) is 28.2 Å². The molecule has 124 valence electrons. The van der Waals surface area contributed by atoms with Crippen molar-refractivity contribution in [2.45, 2.75) is 5.60 Å². The SMILES string of the molecule is CN1C(=O)C(C2(O)C(=O)N(C)C(=O)N(C)C2=O)C(=O)N(C)C1=O. The number of rotatable bonds is 1. The smallest absolute Gasteiger partial charge is 0.333 e. The maximum atomic E-state index is 12.3. The van der Waals surface area contributed by atoms with E-state index in [0.29, 0.717) is 19.6 Å². The molecule has 2 rings (SSSR count). The van der Waals surface area contributed by atoms with E-state index in [1.807, 2.05) is 0 Å². The van der Waals surface area contributed by atoms with E-state index < -0.39 is 47.2 Å². The average Bonchev–Trinajstić information content (AvgIpc) is 2.53. The molecule has 0 aromatic heterocycles. The average molecular weight is 326 g/mol. The molecule has 0 saturated carbocycles. The third-order valence-electron chi connectivity index (χ3n) is 3.98. The van der Waals surface area contributed by atoms with Crippen LogP contribution in [0.1, 0.15) is 0 Å². The van der Waals surface area contributed by atoms with Gasteiger partial charge >= 0.3 is 12.1 Å². The van der Waals surface area contributed by atoms with Crippen molar-refractivity contribution in [3.8, 4) is 0 Å². The Morgan fingerprint density at radius 3 is 1.35 bits per heavy atom. The van der Waals surface area contributed by atoms with Crippen LogP contribution in [0.4, 0.5) is 9.59 Å². The monoisotopic (exact) mass is 326 g/mol. The third-order valence-corrected chi connectivity index (χ3v) is 3.98. The van der Waals surface area contributed by atoms with Gasteiger partial charge in [0.05, 0.1) is 0 Å². The number of urea groups is 2. The maximum Gasteiger partial charge on any atom is 0.333 e. The number of likely N-dealkylation sites (N-methyl/N-ethyl adjacent to an activating group) is 2. The zero-order valence-corrected chi connectivity index (χ0v) is 12.8. The van der Waals surface area contributed by atoms with Crippen LogP contribution in [0.15, 0.2) is 0 Å². The molecule has 8 amide bonds. The van der Waals surface area contributed by atoms with Crippen molar-refractivity contribution in [2.24, 2.45) is 5.92 Å². The molecule has 2 heterocycles. The van der Waals surface area contributed by atoms with Crippen LogP contribution in [0, 0.1) is 5.92 Å². The summed E-state index contributed by atoms with van der Waals surface area (Å²) in [7, 11) is 4.07. The van der Waals surface area contributed by atoms with E-state index in [1.54, 1.807) is 0 Å². The van der Waals surface area contributed by atoms with Crippen molar-refractivity contribution in [3.63, 3.8) is 0 Å². The molecule has 2 aliphatic rings. The highest BCUT2D eigenvalue weighted by Gasteiger charge is 2.66. The van der Waals surface area contributed by atoms with Crippen molar-refractivity contribution in [2.75, 3.05) is 28.2 Å². The van der Waals surface area contributed by atoms with Gasteiger partial charge in [0.1, 0.15) is 0 Å². The predicted octanol–water partition coefficient (Wildman–Crippen LogP) is -2.57. The van der Waals surface area contributed by atoms with E-state index in [0.717, 1.165) is 28.2 Å². The van der Waals surface area contributed by atoms with E-state index in [2.05, 4.69) is 0 Å². The first kappa shape index (κ1) is 16.5. The summed E-state index contributed by atoms with van der Waals surface area (Å²) in [6.45, 7) is 0. The van der Waals surface area contributed by atoms with Gasteiger partial charge in [-0.05, 0) is 0 Å². The van der Waals surface area contributed by atoms with Crippen LogP contribution < -0.4 is 0 Å². The molecular formula is C12H14N4O7. The Balaban J connectivity index is 2.61. The molecular weight excluding hydrogens is 312 g/mol. The lowest BCUT2D eigenvalue weighted by molar-refractivity contribution is -0.184. The number of carbonyl (C=O) groups is 6. The Bertz CT molecular complexity index is 624. The van der Waals surface area contributed by atoms with Crippen LogP contribution in [0.5, 0.6) is 0 Å². The zero-order valence-electron chi connectivity index (χ0n) is 12.8. The van der Waals surface area contributed by atoms with Gasteiger partial charge in [0.2, 0.25) is 17.4 Å². The molecule has 0 aromatic rings. The highest BCUT2D eigenvalue weighted by molar-refractivity contribution is 6.28. The second-order valence-electron chi connectivity index (χ2n) is 5.29. The maximum absolute atomic E-state index is 12.3. The van der Waals surface area contributed by atoms with E-state index in [1.165, 1.54) is 0 Å². The fourth-order valence-electron chi connectivity index (χ4n) is 2.51. The van der Waals surface area contributed by atoms with Crippen molar-refractivity contribution >= 4 is 35.7 Å². The Kier molecular flexibility index (Phi) is 3.48. The van der Waals surface area contributed by atoms with Gasteiger partial charge in [-0.1, -0.05) is 0 Å². The van der Waals surface area contributed by atoms with Gasteiger partial charge < -0.3 is 5.11 Å². The molecule has 2 aliphatic heterocycles. The molecule has 11 nitrogen and oxygen atoms in total. The summed E-state index contributed by atoms with van der Waals surface area (Å²) in [5.74, 6) is -7.40. The van der Waals surface area contributed by atoms with Crippen LogP contribution in [0.25, 0.3) is 0 Å². The van der Waals surface area contributed by atoms with Crippen molar-refractivity contribution in [1.29, 1.82) is 0 Å². The lowest BCUT2D eigenvalue weighted by Crippen LogP contribution is -2.75. The lowest BCUT2D eigenvalue weighted by Gasteiger charge is -2.44. The minimum Gasteiger partial charge on any atom is -0.371 e. The fourth-order valence-corrected chi connectivity index (χ4v) is 2.51. The van der Waals surface area contributed by atoms with Crippen LogP contribution >= 0.6 is 0 Å². The van der Waals surface area contributed by atoms with Gasteiger partial charge in [0.15, 0.2) is 5.92 Å². The number of hydrogen-bond acceptors (Lipinski definition) is 7. The first-order valence-electron chi connectivity index (χ1n) is 6.39. The largest absolute Gasteiger partial charge is 0.371 e. The van der Waals surface area contributed by atoms with E-state index in [9.17, 15) is 33.9 Å². The Morgan fingerprint density at radius 2 is 1.00 bits per heavy atom. The highest BCUT2D eigenvalue weighted by atomic mass is 16.3. The zero-order chi connectivity index (χ0) is 17.9. The highest BCUT2D eigenvalue weighted by Crippen LogP contribution is 2.32. The molecule has 1 N–H and O–H groups in total. The molecule has 23 heavy (non-hydrogen) atoms. The molecule has 2 saturated heterocycles. The number of carbonyl (C=O) groups excluding carboxylic acids is 6. The first-order valence-corrected chi connectivity index (χ1v) is 6.39. The standard InChI is InChI=1S/C12H14N4O7/c1-13-6(17)5(7(18)14(2)10(13)21)12(23)8(19)15(3)11(22)16(4)9(12)20/h5,23H,1-4H3. The minimum atomic E-state index is -3.10. The van der Waals surface area contributed by atoms with E-state index >= 15 is 0 Å². The summed E-state index contributed by atoms with van der Waals surface area (Å²) in [6, 6.07) is -1.98. The minimum absolute atomic E-state index is 0.429. The number of hydrogen-bond donors (Lipinski definition) is 1. The molecule has 0 aromatic carbocycles. The van der Waals surface area contributed by atoms with Crippen LogP contribution in [0.2, 0.25) is 0 Å². The molecule has 0 radical (unpaired) electrons. The quantitative estimate of drug-likeness (QED) is 0.523. The van der Waals surface area contributed by atoms with Crippen LogP contribution in [-0.2, 0) is 19.2 Å². The second kappa shape index (κ2) is 4.84. The molecule has 0 unspecified atom stereocenters. The number of amides is 8. The van der Waals surface area contributed by atoms with Gasteiger partial charge in [-0.2, -0.15) is 0 Å². The second-order valence-corrected chi connectivity index (χ2v) is 5.29. The molecule has 0 spiro atoms. The topological polar surface area (TPSA) is 136 Å². The molecule has 0 bridgehead atoms. The summed E-state index contributed by atoms with van der Waals surface area (Å²) >= 11 is 0. The first-order chi connectivity index (χ1) is 10.5. The predicted molar refractivity (Wildman–Crippen MR) is 70.3 cm³/mol. The van der Waals surface area contributed by atoms with Crippen molar-refractivity contribution in [1.82, 2.24) is 19.6 Å². The van der Waals surface area contributed by atoms with Crippen molar-refractivity contribution < 1.29 is 33.9 Å². The summed E-state index contributed by atoms with van der Waals surface area (Å²) < 4.78 is 0. The molecule has 0 atom stereocenters. The van der Waals surface area contributed by atoms with E-state index in [4.69, 9.17) is 0 Å². The fraction of sp³-hybridized carbons (Fsp3) is 0.500. The number of nitrogens with zero attached hydrogens (tertiary/aromatic N) is 4. The van der Waals surface area contributed by atoms with Gasteiger partial charge in [0.25, 0.3) is 11.8 Å². The number of barbiturate groups is 2. The van der Waals surface area contributed by atoms with Crippen LogP contribution in [0.3, 0.4) is 0 Å². The van der Waals surface area contributed by atoms with Gasteiger partial charge in [-0.25, -0.2) is 9.59 Å². The lowest BCUT2D eigenvalue weighted by atomic mass is 9.80. The molecule has 2 fully saturated rings. The van der Waals surface area contributed by atoms with Gasteiger partial charge in [-0.15, -0.1) is 0 Å². The Morgan fingerprint density at radius 1 is 0.696 bits per heavy atom. The number of aliphatic hydroxyl groups is 1. The Labute approximate surface area is 130 Å². The van der Waals surface area contributed by atoms with Gasteiger partial charge in [-0.3, -0.25) is 38.8 Å². The molecule has 0 aliphatic carbocycles. The molecule has 11 heteroatoms. The summed E-state index contributed by atoms with van der Waals surface area (Å²) in [6.07, 6.45) is 0. The third kappa shape index (κ3) is 1.86. The summed E-state index contributed by atoms with van der Waals surface area (Å²) in [5.41, 5.74) is -3.10. The summed E-state index contributed by atoms with van der Waals surface area (Å²) in [5, 5.41) is 10.6.